The molecule has 2 aliphatic heterocycles. The van der Waals surface area contributed by atoms with Gasteiger partial charge in [-0.2, -0.15) is 0 Å². The predicted octanol–water partition coefficient (Wildman–Crippen LogP) is 1.05. The van der Waals surface area contributed by atoms with Gasteiger partial charge in [0, 0.05) is 24.4 Å². The molecule has 0 saturated heterocycles. The molecule has 1 saturated carbocycles. The van der Waals surface area contributed by atoms with Crippen molar-refractivity contribution < 1.29 is 22.7 Å². The van der Waals surface area contributed by atoms with Crippen LogP contribution in [0.25, 0.3) is 0 Å². The summed E-state index contributed by atoms with van der Waals surface area (Å²) in [5.41, 5.74) is 0.805. The first-order valence-corrected chi connectivity index (χ1v) is 10.6. The zero-order valence-electron chi connectivity index (χ0n) is 14.9. The number of esters is 1. The minimum atomic E-state index is -3.47. The number of hydrogen-bond donors (Lipinski definition) is 1. The molecule has 0 unspecified atom stereocenters. The summed E-state index contributed by atoms with van der Waals surface area (Å²) in [7, 11) is -3.47. The van der Waals surface area contributed by atoms with Crippen LogP contribution < -0.4 is 5.32 Å². The number of nitrogens with zero attached hydrogens (tertiary/aromatic N) is 2. The number of fused-ring (bicyclic) bond motifs is 1. The molecule has 1 amide bonds. The lowest BCUT2D eigenvalue weighted by Gasteiger charge is -2.27. The van der Waals surface area contributed by atoms with Crippen LogP contribution in [-0.4, -0.2) is 49.4 Å². The number of sulfonamides is 1. The highest BCUT2D eigenvalue weighted by atomic mass is 32.2. The summed E-state index contributed by atoms with van der Waals surface area (Å²) >= 11 is 0. The van der Waals surface area contributed by atoms with Gasteiger partial charge >= 0.3 is 5.97 Å². The fourth-order valence-electron chi connectivity index (χ4n) is 2.90. The number of hydrogen-bond acceptors (Lipinski definition) is 6. The Bertz CT molecular complexity index is 994. The van der Waals surface area contributed by atoms with E-state index in [1.807, 2.05) is 6.07 Å². The normalized spacial score (nSPS) is 21.1. The molecule has 0 spiro atoms. The molecule has 28 heavy (non-hydrogen) atoms. The lowest BCUT2D eigenvalue weighted by Crippen LogP contribution is -2.37. The quantitative estimate of drug-likeness (QED) is 0.740. The highest BCUT2D eigenvalue weighted by Gasteiger charge is 2.32. The Morgan fingerprint density at radius 2 is 1.93 bits per heavy atom. The number of ether oxygens (including phenoxy) is 1. The number of carbonyl (C=O) groups excluding carboxylic acids is 2. The van der Waals surface area contributed by atoms with Crippen molar-refractivity contribution in [1.29, 1.82) is 0 Å². The van der Waals surface area contributed by atoms with Crippen LogP contribution in [-0.2, 0) is 24.3 Å². The molecule has 1 atom stereocenters. The Balaban J connectivity index is 1.52. The average molecular weight is 401 g/mol. The van der Waals surface area contributed by atoms with E-state index in [1.165, 1.54) is 18.4 Å². The molecule has 0 aromatic heterocycles. The molecule has 1 N–H and O–H groups in total. The van der Waals surface area contributed by atoms with Gasteiger partial charge in [-0.05, 0) is 25.0 Å². The summed E-state index contributed by atoms with van der Waals surface area (Å²) in [6, 6.07) is 8.97. The molecule has 1 aromatic carbocycles. The number of nitrogens with one attached hydrogen (secondary N) is 1. The molecule has 0 bridgehead atoms. The van der Waals surface area contributed by atoms with Crippen molar-refractivity contribution in [2.24, 2.45) is 4.40 Å². The maximum absolute atomic E-state index is 12.7. The molecule has 0 radical (unpaired) electrons. The minimum absolute atomic E-state index is 0.125. The molecular formula is C19H19N3O5S. The SMILES string of the molecule is O=C(O[C@@H](C(=O)NC1CC1)c1ccccc1)C1=CN2CCS(=O)(=O)N=C2C=C1. The Morgan fingerprint density at radius 1 is 1.18 bits per heavy atom. The van der Waals surface area contributed by atoms with Gasteiger partial charge in [0.2, 0.25) is 6.10 Å². The fraction of sp³-hybridized carbons (Fsp3) is 0.316. The molecule has 1 fully saturated rings. The average Bonchev–Trinajstić information content (AvgIpc) is 3.49. The van der Waals surface area contributed by atoms with Crippen molar-refractivity contribution in [3.63, 3.8) is 0 Å². The van der Waals surface area contributed by atoms with E-state index in [1.54, 1.807) is 29.2 Å². The summed E-state index contributed by atoms with van der Waals surface area (Å²) < 4.78 is 32.4. The second kappa shape index (κ2) is 7.23. The Hall–Kier alpha value is -2.94. The molecular weight excluding hydrogens is 382 g/mol. The van der Waals surface area contributed by atoms with Gasteiger partial charge in [-0.1, -0.05) is 30.3 Å². The maximum atomic E-state index is 12.7. The van der Waals surface area contributed by atoms with Gasteiger partial charge in [0.05, 0.1) is 11.3 Å². The predicted molar refractivity (Wildman–Crippen MR) is 102 cm³/mol. The van der Waals surface area contributed by atoms with Crippen molar-refractivity contribution >= 4 is 27.7 Å². The Morgan fingerprint density at radius 3 is 2.64 bits per heavy atom. The van der Waals surface area contributed by atoms with Crippen LogP contribution in [0.5, 0.6) is 0 Å². The summed E-state index contributed by atoms with van der Waals surface area (Å²) in [6.07, 6.45) is 5.19. The summed E-state index contributed by atoms with van der Waals surface area (Å²) in [5.74, 6) is -0.884. The Kier molecular flexibility index (Phi) is 4.76. The van der Waals surface area contributed by atoms with Crippen LogP contribution in [0.1, 0.15) is 24.5 Å². The largest absolute Gasteiger partial charge is 0.444 e. The molecule has 146 valence electrons. The third-order valence-corrected chi connectivity index (χ3v) is 5.71. The number of amides is 1. The maximum Gasteiger partial charge on any atom is 0.340 e. The van der Waals surface area contributed by atoms with Crippen molar-refractivity contribution in [2.45, 2.75) is 25.0 Å². The monoisotopic (exact) mass is 401 g/mol. The molecule has 1 aliphatic carbocycles. The van der Waals surface area contributed by atoms with E-state index in [0.717, 1.165) is 12.8 Å². The van der Waals surface area contributed by atoms with E-state index >= 15 is 0 Å². The lowest BCUT2D eigenvalue weighted by atomic mass is 10.1. The highest BCUT2D eigenvalue weighted by Crippen LogP contribution is 2.25. The standard InChI is InChI=1S/C19H19N3O5S/c23-18(20-15-7-8-15)17(13-4-2-1-3-5-13)27-19(24)14-6-9-16-21-28(25,26)11-10-22(16)12-14/h1-6,9,12,15,17H,7-8,10-11H2,(H,20,23)/t17-/m1/s1. The van der Waals surface area contributed by atoms with Crippen LogP contribution in [0, 0.1) is 0 Å². The van der Waals surface area contributed by atoms with Crippen LogP contribution in [0.2, 0.25) is 0 Å². The smallest absolute Gasteiger partial charge is 0.340 e. The molecule has 3 aliphatic rings. The second-order valence-electron chi connectivity index (χ2n) is 6.83. The summed E-state index contributed by atoms with van der Waals surface area (Å²) in [6.45, 7) is 0.201. The molecule has 2 heterocycles. The van der Waals surface area contributed by atoms with Crippen LogP contribution in [0.15, 0.2) is 58.7 Å². The van der Waals surface area contributed by atoms with Crippen LogP contribution in [0.4, 0.5) is 0 Å². The van der Waals surface area contributed by atoms with E-state index in [4.69, 9.17) is 4.74 Å². The van der Waals surface area contributed by atoms with Crippen LogP contribution >= 0.6 is 0 Å². The second-order valence-corrected chi connectivity index (χ2v) is 8.58. The zero-order valence-corrected chi connectivity index (χ0v) is 15.8. The molecule has 9 heteroatoms. The number of carbonyl (C=O) groups is 2. The molecule has 8 nitrogen and oxygen atoms in total. The zero-order chi connectivity index (χ0) is 19.7. The van der Waals surface area contributed by atoms with Gasteiger partial charge in [0.15, 0.2) is 0 Å². The first kappa shape index (κ1) is 18.4. The number of amidine groups is 1. The van der Waals surface area contributed by atoms with Crippen molar-refractivity contribution in [3.8, 4) is 0 Å². The van der Waals surface area contributed by atoms with E-state index in [-0.39, 0.29) is 35.7 Å². The lowest BCUT2D eigenvalue weighted by molar-refractivity contribution is -0.152. The van der Waals surface area contributed by atoms with E-state index in [9.17, 15) is 18.0 Å². The first-order chi connectivity index (χ1) is 13.4. The van der Waals surface area contributed by atoms with Crippen molar-refractivity contribution in [2.75, 3.05) is 12.3 Å². The van der Waals surface area contributed by atoms with Crippen LogP contribution in [0.3, 0.4) is 0 Å². The van der Waals surface area contributed by atoms with E-state index in [0.29, 0.717) is 5.56 Å². The first-order valence-electron chi connectivity index (χ1n) is 8.97. The summed E-state index contributed by atoms with van der Waals surface area (Å²) in [4.78, 5) is 26.9. The third-order valence-electron chi connectivity index (χ3n) is 4.55. The van der Waals surface area contributed by atoms with Gasteiger partial charge in [-0.15, -0.1) is 4.40 Å². The van der Waals surface area contributed by atoms with Gasteiger partial charge in [0.1, 0.15) is 5.84 Å². The number of rotatable bonds is 5. The Labute approximate surface area is 162 Å². The van der Waals surface area contributed by atoms with Gasteiger partial charge in [-0.3, -0.25) is 4.79 Å². The van der Waals surface area contributed by atoms with Gasteiger partial charge in [0.25, 0.3) is 15.9 Å². The van der Waals surface area contributed by atoms with Gasteiger partial charge < -0.3 is 15.0 Å². The van der Waals surface area contributed by atoms with E-state index < -0.39 is 22.1 Å². The number of benzene rings is 1. The minimum Gasteiger partial charge on any atom is -0.444 e. The summed E-state index contributed by atoms with van der Waals surface area (Å²) in [5, 5.41) is 2.87. The van der Waals surface area contributed by atoms with Crippen molar-refractivity contribution in [3.05, 3.63) is 59.8 Å². The topological polar surface area (TPSA) is 105 Å². The van der Waals surface area contributed by atoms with E-state index in [2.05, 4.69) is 9.71 Å². The molecule has 4 rings (SSSR count). The third kappa shape index (κ3) is 4.14. The van der Waals surface area contributed by atoms with Gasteiger partial charge in [-0.25, -0.2) is 13.2 Å². The molecule has 1 aromatic rings. The fourth-order valence-corrected chi connectivity index (χ4v) is 3.87. The van der Waals surface area contributed by atoms with Crippen molar-refractivity contribution in [1.82, 2.24) is 10.2 Å². The highest BCUT2D eigenvalue weighted by molar-refractivity contribution is 7.90.